The lowest BCUT2D eigenvalue weighted by atomic mass is 9.73. The molecule has 1 amide bonds. The van der Waals surface area contributed by atoms with Crippen molar-refractivity contribution in [2.45, 2.75) is 43.0 Å². The maximum Gasteiger partial charge on any atom is 0.240 e. The van der Waals surface area contributed by atoms with Crippen molar-refractivity contribution in [1.29, 1.82) is 0 Å². The van der Waals surface area contributed by atoms with E-state index in [0.29, 0.717) is 31.7 Å². The van der Waals surface area contributed by atoms with E-state index in [2.05, 4.69) is 10.0 Å². The number of anilines is 1. The van der Waals surface area contributed by atoms with Gasteiger partial charge in [0.1, 0.15) is 5.82 Å². The van der Waals surface area contributed by atoms with Crippen LogP contribution in [0.5, 0.6) is 0 Å². The molecule has 1 aliphatic heterocycles. The zero-order chi connectivity index (χ0) is 21.1. The molecule has 1 heterocycles. The van der Waals surface area contributed by atoms with Crippen LogP contribution >= 0.6 is 0 Å². The quantitative estimate of drug-likeness (QED) is 0.752. The minimum Gasteiger partial charge on any atom is -0.381 e. The van der Waals surface area contributed by atoms with Crippen LogP contribution in [0.15, 0.2) is 53.4 Å². The molecule has 1 fully saturated rings. The molecule has 2 aromatic rings. The number of hydrogen-bond acceptors (Lipinski definition) is 4. The predicted molar refractivity (Wildman–Crippen MR) is 109 cm³/mol. The van der Waals surface area contributed by atoms with E-state index in [1.807, 2.05) is 0 Å². The monoisotopic (exact) mass is 420 g/mol. The van der Waals surface area contributed by atoms with E-state index in [-0.39, 0.29) is 22.7 Å². The number of carbonyl (C=O) groups excluding carboxylic acids is 1. The Morgan fingerprint density at radius 3 is 2.17 bits per heavy atom. The molecule has 0 aliphatic carbocycles. The number of hydrogen-bond donors (Lipinski definition) is 2. The van der Waals surface area contributed by atoms with Gasteiger partial charge in [-0.15, -0.1) is 0 Å². The van der Waals surface area contributed by atoms with Crippen molar-refractivity contribution >= 4 is 21.6 Å². The van der Waals surface area contributed by atoms with Gasteiger partial charge in [-0.2, -0.15) is 0 Å². The van der Waals surface area contributed by atoms with Gasteiger partial charge in [0, 0.05) is 24.9 Å². The van der Waals surface area contributed by atoms with Crippen molar-refractivity contribution in [1.82, 2.24) is 4.72 Å². The normalized spacial score (nSPS) is 16.6. The average Bonchev–Trinajstić information content (AvgIpc) is 2.68. The second-order valence-electron chi connectivity index (χ2n) is 7.46. The molecule has 0 saturated carbocycles. The van der Waals surface area contributed by atoms with Crippen molar-refractivity contribution in [3.8, 4) is 0 Å². The fourth-order valence-corrected chi connectivity index (χ4v) is 4.73. The summed E-state index contributed by atoms with van der Waals surface area (Å²) >= 11 is 0. The fourth-order valence-electron chi connectivity index (χ4n) is 3.48. The standard InChI is InChI=1S/C21H25FN2O4S/c1-15(2)24-29(26,27)19-9-7-18(8-10-19)23-20(25)21(11-13-28-14-12-21)16-3-5-17(22)6-4-16/h3-10,15,24H,11-14H2,1-2H3,(H,23,25). The zero-order valence-electron chi connectivity index (χ0n) is 16.4. The molecule has 0 atom stereocenters. The molecule has 3 rings (SSSR count). The maximum atomic E-state index is 13.4. The molecular weight excluding hydrogens is 395 g/mol. The Bertz CT molecular complexity index is 951. The van der Waals surface area contributed by atoms with E-state index in [0.717, 1.165) is 5.56 Å². The first-order valence-electron chi connectivity index (χ1n) is 9.51. The highest BCUT2D eigenvalue weighted by molar-refractivity contribution is 7.89. The van der Waals surface area contributed by atoms with Crippen LogP contribution in [0.4, 0.5) is 10.1 Å². The van der Waals surface area contributed by atoms with Gasteiger partial charge in [0.2, 0.25) is 15.9 Å². The second-order valence-corrected chi connectivity index (χ2v) is 9.17. The summed E-state index contributed by atoms with van der Waals surface area (Å²) in [6.07, 6.45) is 0.963. The molecule has 0 radical (unpaired) electrons. The average molecular weight is 421 g/mol. The molecular formula is C21H25FN2O4S. The Kier molecular flexibility index (Phi) is 6.36. The lowest BCUT2D eigenvalue weighted by Gasteiger charge is -2.36. The number of ether oxygens (including phenoxy) is 1. The maximum absolute atomic E-state index is 13.4. The molecule has 0 unspecified atom stereocenters. The van der Waals surface area contributed by atoms with Crippen LogP contribution in [0.2, 0.25) is 0 Å². The zero-order valence-corrected chi connectivity index (χ0v) is 17.3. The largest absolute Gasteiger partial charge is 0.381 e. The van der Waals surface area contributed by atoms with Gasteiger partial charge in [0.05, 0.1) is 10.3 Å². The lowest BCUT2D eigenvalue weighted by molar-refractivity contribution is -0.125. The Balaban J connectivity index is 1.82. The molecule has 29 heavy (non-hydrogen) atoms. The van der Waals surface area contributed by atoms with Crippen molar-refractivity contribution in [2.75, 3.05) is 18.5 Å². The topological polar surface area (TPSA) is 84.5 Å². The molecule has 2 aromatic carbocycles. The van der Waals surface area contributed by atoms with Crippen LogP contribution in [-0.2, 0) is 25.0 Å². The fraction of sp³-hybridized carbons (Fsp3) is 0.381. The summed E-state index contributed by atoms with van der Waals surface area (Å²) in [5, 5.41) is 2.88. The number of benzene rings is 2. The van der Waals surface area contributed by atoms with Crippen LogP contribution < -0.4 is 10.0 Å². The minimum absolute atomic E-state index is 0.128. The van der Waals surface area contributed by atoms with Gasteiger partial charge in [-0.1, -0.05) is 12.1 Å². The summed E-state index contributed by atoms with van der Waals surface area (Å²) in [4.78, 5) is 13.3. The van der Waals surface area contributed by atoms with E-state index in [4.69, 9.17) is 4.74 Å². The number of halogens is 1. The molecule has 1 saturated heterocycles. The summed E-state index contributed by atoms with van der Waals surface area (Å²) in [7, 11) is -3.60. The van der Waals surface area contributed by atoms with E-state index < -0.39 is 15.4 Å². The smallest absolute Gasteiger partial charge is 0.240 e. The van der Waals surface area contributed by atoms with Gasteiger partial charge >= 0.3 is 0 Å². The first-order chi connectivity index (χ1) is 13.7. The first-order valence-corrected chi connectivity index (χ1v) is 11.0. The van der Waals surface area contributed by atoms with Crippen molar-refractivity contribution in [3.63, 3.8) is 0 Å². The molecule has 1 aliphatic rings. The van der Waals surface area contributed by atoms with E-state index in [1.54, 1.807) is 38.1 Å². The third-order valence-corrected chi connectivity index (χ3v) is 6.67. The number of amides is 1. The van der Waals surface area contributed by atoms with Crippen LogP contribution in [0.25, 0.3) is 0 Å². The van der Waals surface area contributed by atoms with Gasteiger partial charge in [0.15, 0.2) is 0 Å². The van der Waals surface area contributed by atoms with Gasteiger partial charge in [-0.05, 0) is 68.7 Å². The number of sulfonamides is 1. The predicted octanol–water partition coefficient (Wildman–Crippen LogP) is 3.20. The highest BCUT2D eigenvalue weighted by Gasteiger charge is 2.41. The molecule has 0 aromatic heterocycles. The summed E-state index contributed by atoms with van der Waals surface area (Å²) in [6, 6.07) is 11.8. The van der Waals surface area contributed by atoms with Crippen molar-refractivity contribution < 1.29 is 22.3 Å². The van der Waals surface area contributed by atoms with Crippen LogP contribution in [0.3, 0.4) is 0 Å². The number of carbonyl (C=O) groups is 1. The van der Waals surface area contributed by atoms with Gasteiger partial charge < -0.3 is 10.1 Å². The SMILES string of the molecule is CC(C)NS(=O)(=O)c1ccc(NC(=O)C2(c3ccc(F)cc3)CCOCC2)cc1. The van der Waals surface area contributed by atoms with E-state index >= 15 is 0 Å². The molecule has 6 nitrogen and oxygen atoms in total. The molecule has 156 valence electrons. The van der Waals surface area contributed by atoms with Crippen LogP contribution in [-0.4, -0.2) is 33.6 Å². The van der Waals surface area contributed by atoms with E-state index in [9.17, 15) is 17.6 Å². The lowest BCUT2D eigenvalue weighted by Crippen LogP contribution is -2.44. The Morgan fingerprint density at radius 2 is 1.62 bits per heavy atom. The van der Waals surface area contributed by atoms with Crippen LogP contribution in [0.1, 0.15) is 32.3 Å². The molecule has 0 bridgehead atoms. The number of nitrogens with one attached hydrogen (secondary N) is 2. The van der Waals surface area contributed by atoms with Gasteiger partial charge in [-0.25, -0.2) is 17.5 Å². The van der Waals surface area contributed by atoms with E-state index in [1.165, 1.54) is 24.3 Å². The summed E-state index contributed by atoms with van der Waals surface area (Å²) in [6.45, 7) is 4.36. The second kappa shape index (κ2) is 8.61. The summed E-state index contributed by atoms with van der Waals surface area (Å²) in [5.74, 6) is -0.577. The van der Waals surface area contributed by atoms with Gasteiger partial charge in [-0.3, -0.25) is 4.79 Å². The van der Waals surface area contributed by atoms with Gasteiger partial charge in [0.25, 0.3) is 0 Å². The highest BCUT2D eigenvalue weighted by Crippen LogP contribution is 2.36. The molecule has 8 heteroatoms. The number of rotatable bonds is 6. The Labute approximate surface area is 170 Å². The van der Waals surface area contributed by atoms with Crippen LogP contribution in [0, 0.1) is 5.82 Å². The minimum atomic E-state index is -3.60. The molecule has 2 N–H and O–H groups in total. The third-order valence-electron chi connectivity index (χ3n) is 4.99. The third kappa shape index (κ3) is 4.83. The Hall–Kier alpha value is -2.29. The summed E-state index contributed by atoms with van der Waals surface area (Å²) in [5.41, 5.74) is 0.405. The summed E-state index contributed by atoms with van der Waals surface area (Å²) < 4.78 is 45.8. The first kappa shape index (κ1) is 21.4. The molecule has 0 spiro atoms. The van der Waals surface area contributed by atoms with Crippen molar-refractivity contribution in [3.05, 3.63) is 59.9 Å². The highest BCUT2D eigenvalue weighted by atomic mass is 32.2. The van der Waals surface area contributed by atoms with Crippen molar-refractivity contribution in [2.24, 2.45) is 0 Å². The Morgan fingerprint density at radius 1 is 1.03 bits per heavy atom.